The van der Waals surface area contributed by atoms with Crippen LogP contribution in [0.2, 0.25) is 0 Å². The minimum absolute atomic E-state index is 0.405. The van der Waals surface area contributed by atoms with Crippen LogP contribution in [-0.4, -0.2) is 9.66 Å². The van der Waals surface area contributed by atoms with Crippen molar-refractivity contribution >= 4 is 31.0 Å². The molecule has 4 rings (SSSR count). The number of rotatable bonds is 8. The molecule has 2 aromatic carbocycles. The largest absolute Gasteiger partial charge is 0.556 e. The molecule has 0 fully saturated rings. The predicted molar refractivity (Wildman–Crippen MR) is 126 cm³/mol. The topological polar surface area (TPSA) is 65.4 Å². The Hall–Kier alpha value is -3.15. The van der Waals surface area contributed by atoms with Gasteiger partial charge in [-0.3, -0.25) is 0 Å². The van der Waals surface area contributed by atoms with Crippen LogP contribution < -0.4 is 14.2 Å². The molecule has 4 aromatic rings. The van der Waals surface area contributed by atoms with Crippen LogP contribution in [0.15, 0.2) is 85.1 Å². The van der Waals surface area contributed by atoms with Crippen LogP contribution in [-0.2, 0) is 11.0 Å². The Morgan fingerprint density at radius 1 is 0.968 bits per heavy atom. The standard InChI is InChI=1S/C23H22N3O3PS/c1-2-10-19-17-18-11-9-16-24-22(18)26(23(19)31)25-30(27,28-20-12-5-3-6-13-20)29-21-14-7-4-8-15-21/h3-9,11-17H,2,10H2,1H3,(H,25,27). The van der Waals surface area contributed by atoms with E-state index >= 15 is 0 Å². The lowest BCUT2D eigenvalue weighted by atomic mass is 10.1. The molecular weight excluding hydrogens is 429 g/mol. The van der Waals surface area contributed by atoms with E-state index in [2.05, 4.69) is 17.1 Å². The summed E-state index contributed by atoms with van der Waals surface area (Å²) in [6, 6.07) is 23.6. The third-order valence-electron chi connectivity index (χ3n) is 4.52. The van der Waals surface area contributed by atoms with Crippen molar-refractivity contribution in [1.82, 2.24) is 9.66 Å². The zero-order valence-electron chi connectivity index (χ0n) is 17.0. The summed E-state index contributed by atoms with van der Waals surface area (Å²) >= 11 is 5.71. The first kappa shape index (κ1) is 21.1. The highest BCUT2D eigenvalue weighted by atomic mass is 32.1. The Balaban J connectivity index is 1.81. The minimum atomic E-state index is -3.95. The summed E-state index contributed by atoms with van der Waals surface area (Å²) in [6.07, 6.45) is 3.37. The van der Waals surface area contributed by atoms with Crippen molar-refractivity contribution in [3.63, 3.8) is 0 Å². The summed E-state index contributed by atoms with van der Waals surface area (Å²) in [6.45, 7) is 2.09. The molecule has 0 atom stereocenters. The maximum absolute atomic E-state index is 13.9. The van der Waals surface area contributed by atoms with Gasteiger partial charge < -0.3 is 9.05 Å². The number of hydrogen-bond acceptors (Lipinski definition) is 5. The summed E-state index contributed by atoms with van der Waals surface area (Å²) in [5.74, 6) is 0.811. The van der Waals surface area contributed by atoms with Gasteiger partial charge in [-0.15, -0.1) is 0 Å². The van der Waals surface area contributed by atoms with Gasteiger partial charge in [0, 0.05) is 11.6 Å². The summed E-state index contributed by atoms with van der Waals surface area (Å²) in [5.41, 5.74) is 1.50. The van der Waals surface area contributed by atoms with E-state index in [0.717, 1.165) is 23.8 Å². The number of aryl methyl sites for hydroxylation is 1. The van der Waals surface area contributed by atoms with Gasteiger partial charge in [0.15, 0.2) is 5.65 Å². The molecule has 158 valence electrons. The zero-order chi connectivity index (χ0) is 21.7. The molecule has 0 saturated heterocycles. The summed E-state index contributed by atoms with van der Waals surface area (Å²) in [4.78, 5) is 4.44. The smallest absolute Gasteiger partial charge is 0.399 e. The van der Waals surface area contributed by atoms with Gasteiger partial charge in [-0.25, -0.2) is 19.4 Å². The minimum Gasteiger partial charge on any atom is -0.399 e. The van der Waals surface area contributed by atoms with Gasteiger partial charge in [0.2, 0.25) is 0 Å². The number of hydrogen-bond donors (Lipinski definition) is 1. The predicted octanol–water partition coefficient (Wildman–Crippen LogP) is 6.53. The molecule has 0 amide bonds. The highest BCUT2D eigenvalue weighted by molar-refractivity contribution is 7.71. The number of nitrogens with zero attached hydrogens (tertiary/aromatic N) is 2. The lowest BCUT2D eigenvalue weighted by Gasteiger charge is -2.23. The number of fused-ring (bicyclic) bond motifs is 1. The molecule has 8 heteroatoms. The SMILES string of the molecule is CCCc1cc2cccnc2n(NP(=O)(Oc2ccccc2)Oc2ccccc2)c1=S. The maximum atomic E-state index is 13.9. The molecule has 0 aliphatic carbocycles. The number of para-hydroxylation sites is 2. The second kappa shape index (κ2) is 9.33. The van der Waals surface area contributed by atoms with Crippen molar-refractivity contribution in [2.75, 3.05) is 5.20 Å². The first-order chi connectivity index (χ1) is 15.1. The Morgan fingerprint density at radius 2 is 1.58 bits per heavy atom. The van der Waals surface area contributed by atoms with Crippen LogP contribution >= 0.6 is 20.0 Å². The van der Waals surface area contributed by atoms with E-state index in [1.165, 1.54) is 4.68 Å². The Bertz CT molecular complexity index is 1230. The van der Waals surface area contributed by atoms with E-state index in [4.69, 9.17) is 21.3 Å². The average Bonchev–Trinajstić information content (AvgIpc) is 2.78. The molecule has 6 nitrogen and oxygen atoms in total. The molecule has 0 unspecified atom stereocenters. The molecule has 2 aromatic heterocycles. The van der Waals surface area contributed by atoms with Gasteiger partial charge in [0.25, 0.3) is 0 Å². The molecule has 0 radical (unpaired) electrons. The van der Waals surface area contributed by atoms with E-state index in [1.54, 1.807) is 54.7 Å². The third-order valence-corrected chi connectivity index (χ3v) is 6.31. The van der Waals surface area contributed by atoms with Crippen molar-refractivity contribution in [3.05, 3.63) is 95.3 Å². The molecule has 0 bridgehead atoms. The van der Waals surface area contributed by atoms with Crippen LogP contribution in [0, 0.1) is 4.64 Å². The van der Waals surface area contributed by atoms with Crippen molar-refractivity contribution in [2.45, 2.75) is 19.8 Å². The van der Waals surface area contributed by atoms with E-state index < -0.39 is 7.75 Å². The fourth-order valence-corrected chi connectivity index (χ4v) is 4.88. The van der Waals surface area contributed by atoms with E-state index in [1.807, 2.05) is 30.3 Å². The Morgan fingerprint density at radius 3 is 2.16 bits per heavy atom. The highest BCUT2D eigenvalue weighted by Crippen LogP contribution is 2.46. The van der Waals surface area contributed by atoms with E-state index in [0.29, 0.717) is 21.8 Å². The molecule has 31 heavy (non-hydrogen) atoms. The molecular formula is C23H22N3O3PS. The summed E-state index contributed by atoms with van der Waals surface area (Å²) < 4.78 is 27.6. The fraction of sp³-hybridized carbons (Fsp3) is 0.130. The second-order valence-corrected chi connectivity index (χ2v) is 8.83. The molecule has 0 spiro atoms. The first-order valence-corrected chi connectivity index (χ1v) is 11.9. The van der Waals surface area contributed by atoms with Crippen LogP contribution in [0.25, 0.3) is 11.0 Å². The van der Waals surface area contributed by atoms with E-state index in [-0.39, 0.29) is 0 Å². The first-order valence-electron chi connectivity index (χ1n) is 9.95. The lowest BCUT2D eigenvalue weighted by Crippen LogP contribution is -2.21. The second-order valence-electron chi connectivity index (χ2n) is 6.88. The molecule has 1 N–H and O–H groups in total. The van der Waals surface area contributed by atoms with Gasteiger partial charge in [0.1, 0.15) is 16.1 Å². The number of pyridine rings is 2. The van der Waals surface area contributed by atoms with Gasteiger partial charge in [0.05, 0.1) is 0 Å². The van der Waals surface area contributed by atoms with Crippen molar-refractivity contribution in [1.29, 1.82) is 0 Å². The van der Waals surface area contributed by atoms with Gasteiger partial charge in [-0.1, -0.05) is 62.0 Å². The van der Waals surface area contributed by atoms with Crippen LogP contribution in [0.3, 0.4) is 0 Å². The molecule has 2 heterocycles. The Kier molecular flexibility index (Phi) is 6.35. The molecule has 0 aliphatic rings. The monoisotopic (exact) mass is 451 g/mol. The van der Waals surface area contributed by atoms with Crippen molar-refractivity contribution in [2.24, 2.45) is 0 Å². The maximum Gasteiger partial charge on any atom is 0.556 e. The molecule has 0 saturated carbocycles. The molecule has 0 aliphatic heterocycles. The third kappa shape index (κ3) is 4.95. The average molecular weight is 451 g/mol. The number of aromatic nitrogens is 2. The van der Waals surface area contributed by atoms with Gasteiger partial charge in [-0.05, 0) is 54.4 Å². The van der Waals surface area contributed by atoms with E-state index in [9.17, 15) is 4.57 Å². The summed E-state index contributed by atoms with van der Waals surface area (Å²) in [7, 11) is -3.95. The highest BCUT2D eigenvalue weighted by Gasteiger charge is 2.30. The van der Waals surface area contributed by atoms with Gasteiger partial charge in [-0.2, -0.15) is 0 Å². The zero-order valence-corrected chi connectivity index (χ0v) is 18.7. The van der Waals surface area contributed by atoms with Crippen LogP contribution in [0.4, 0.5) is 0 Å². The van der Waals surface area contributed by atoms with Crippen molar-refractivity contribution in [3.8, 4) is 11.5 Å². The Labute approximate surface area is 186 Å². The fourth-order valence-electron chi connectivity index (χ4n) is 3.16. The van der Waals surface area contributed by atoms with Gasteiger partial charge >= 0.3 is 7.75 Å². The van der Waals surface area contributed by atoms with Crippen LogP contribution in [0.5, 0.6) is 11.5 Å². The number of benzene rings is 2. The quantitative estimate of drug-likeness (QED) is 0.243. The van der Waals surface area contributed by atoms with Crippen LogP contribution in [0.1, 0.15) is 18.9 Å². The normalized spacial score (nSPS) is 11.3. The number of nitrogens with one attached hydrogen (secondary N) is 1. The van der Waals surface area contributed by atoms with Crippen molar-refractivity contribution < 1.29 is 13.6 Å². The lowest BCUT2D eigenvalue weighted by molar-refractivity contribution is 0.387. The summed E-state index contributed by atoms with van der Waals surface area (Å²) in [5, 5.41) is 3.80.